The maximum Gasteiger partial charge on any atom is 0.159 e. The lowest BCUT2D eigenvalue weighted by molar-refractivity contribution is 0.108. The van der Waals surface area contributed by atoms with Crippen LogP contribution >= 0.6 is 0 Å². The first-order valence-corrected chi connectivity index (χ1v) is 12.3. The molecule has 1 saturated heterocycles. The molecule has 1 aliphatic heterocycles. The summed E-state index contributed by atoms with van der Waals surface area (Å²) in [6.45, 7) is 5.47. The van der Waals surface area contributed by atoms with Crippen LogP contribution in [0, 0.1) is 19.8 Å². The van der Waals surface area contributed by atoms with E-state index in [1.165, 1.54) is 41.4 Å². The Morgan fingerprint density at radius 1 is 1.00 bits per heavy atom. The number of aromatic amines is 1. The van der Waals surface area contributed by atoms with Gasteiger partial charge in [-0.2, -0.15) is 0 Å². The van der Waals surface area contributed by atoms with Crippen LogP contribution in [0.15, 0.2) is 54.7 Å². The molecular formula is C29H32N4. The van der Waals surface area contributed by atoms with E-state index in [9.17, 15) is 0 Å². The van der Waals surface area contributed by atoms with Crippen LogP contribution in [0.1, 0.15) is 46.8 Å². The molecule has 2 aromatic carbocycles. The van der Waals surface area contributed by atoms with Crippen molar-refractivity contribution in [1.82, 2.24) is 19.9 Å². The van der Waals surface area contributed by atoms with Crippen molar-refractivity contribution in [2.24, 2.45) is 5.92 Å². The maximum atomic E-state index is 4.87. The second-order valence-corrected chi connectivity index (χ2v) is 10.1. The molecule has 0 unspecified atom stereocenters. The third kappa shape index (κ3) is 3.57. The van der Waals surface area contributed by atoms with Gasteiger partial charge < -0.3 is 9.88 Å². The Balaban J connectivity index is 1.22. The van der Waals surface area contributed by atoms with Crippen LogP contribution in [0.2, 0.25) is 0 Å². The summed E-state index contributed by atoms with van der Waals surface area (Å²) in [5.41, 5.74) is 9.02. The van der Waals surface area contributed by atoms with Gasteiger partial charge in [0.15, 0.2) is 5.82 Å². The fraction of sp³-hybridized carbons (Fsp3) is 0.379. The Morgan fingerprint density at radius 3 is 2.58 bits per heavy atom. The minimum absolute atomic E-state index is 0.618. The lowest BCUT2D eigenvalue weighted by Crippen LogP contribution is -2.47. The number of nitrogens with zero attached hydrogens (tertiary/aromatic N) is 3. The third-order valence-electron chi connectivity index (χ3n) is 8.07. The molecule has 0 bridgehead atoms. The molecule has 4 heteroatoms. The van der Waals surface area contributed by atoms with Crippen molar-refractivity contribution in [3.63, 3.8) is 0 Å². The van der Waals surface area contributed by atoms with Gasteiger partial charge in [-0.1, -0.05) is 42.5 Å². The Kier molecular flexibility index (Phi) is 5.06. The van der Waals surface area contributed by atoms with E-state index in [0.717, 1.165) is 35.6 Å². The van der Waals surface area contributed by atoms with Crippen LogP contribution in [0.3, 0.4) is 0 Å². The molecular weight excluding hydrogens is 404 g/mol. The fourth-order valence-electron chi connectivity index (χ4n) is 6.43. The van der Waals surface area contributed by atoms with Gasteiger partial charge in [-0.3, -0.25) is 0 Å². The quantitative estimate of drug-likeness (QED) is 0.437. The molecule has 4 nitrogen and oxygen atoms in total. The first-order valence-electron chi connectivity index (χ1n) is 12.3. The highest BCUT2D eigenvalue weighted by Gasteiger charge is 2.39. The topological polar surface area (TPSA) is 44.8 Å². The number of nitrogens with one attached hydrogen (secondary N) is 1. The van der Waals surface area contributed by atoms with Crippen LogP contribution in [0.4, 0.5) is 0 Å². The smallest absolute Gasteiger partial charge is 0.159 e. The summed E-state index contributed by atoms with van der Waals surface area (Å²) in [7, 11) is 2.33. The van der Waals surface area contributed by atoms with Gasteiger partial charge in [-0.05, 0) is 75.3 Å². The number of aryl methyl sites for hydroxylation is 2. The minimum Gasteiger partial charge on any atom is -0.361 e. The molecule has 1 fully saturated rings. The van der Waals surface area contributed by atoms with E-state index in [1.54, 1.807) is 5.56 Å². The van der Waals surface area contributed by atoms with E-state index in [-0.39, 0.29) is 0 Å². The normalized spacial score (nSPS) is 22.5. The molecule has 6 rings (SSSR count). The van der Waals surface area contributed by atoms with E-state index >= 15 is 0 Å². The number of benzene rings is 2. The van der Waals surface area contributed by atoms with E-state index in [2.05, 4.69) is 67.3 Å². The highest BCUT2D eigenvalue weighted by atomic mass is 15.1. The lowest BCUT2D eigenvalue weighted by Gasteiger charge is -2.45. The Morgan fingerprint density at radius 2 is 1.79 bits per heavy atom. The second kappa shape index (κ2) is 8.11. The van der Waals surface area contributed by atoms with E-state index < -0.39 is 0 Å². The predicted octanol–water partition coefficient (Wildman–Crippen LogP) is 5.83. The lowest BCUT2D eigenvalue weighted by atomic mass is 9.71. The minimum atomic E-state index is 0.618. The molecule has 0 radical (unpaired) electrons. The van der Waals surface area contributed by atoms with E-state index in [1.807, 2.05) is 18.2 Å². The molecule has 4 aromatic rings. The Bertz CT molecular complexity index is 1280. The van der Waals surface area contributed by atoms with Gasteiger partial charge in [0, 0.05) is 52.6 Å². The van der Waals surface area contributed by atoms with Crippen molar-refractivity contribution in [3.05, 3.63) is 82.8 Å². The number of rotatable bonds is 4. The van der Waals surface area contributed by atoms with Gasteiger partial charge in [0.1, 0.15) is 0 Å². The monoisotopic (exact) mass is 436 g/mol. The number of likely N-dealkylation sites (tertiary alicyclic amines) is 1. The summed E-state index contributed by atoms with van der Waals surface area (Å²) in [6, 6.07) is 17.7. The molecule has 2 aromatic heterocycles. The molecule has 3 heterocycles. The largest absolute Gasteiger partial charge is 0.361 e. The average molecular weight is 437 g/mol. The van der Waals surface area contributed by atoms with E-state index in [0.29, 0.717) is 17.9 Å². The zero-order chi connectivity index (χ0) is 22.5. The third-order valence-corrected chi connectivity index (χ3v) is 8.07. The van der Waals surface area contributed by atoms with Crippen LogP contribution < -0.4 is 0 Å². The highest BCUT2D eigenvalue weighted by molar-refractivity contribution is 5.88. The molecule has 3 atom stereocenters. The second-order valence-electron chi connectivity index (χ2n) is 10.1. The molecule has 33 heavy (non-hydrogen) atoms. The molecule has 0 amide bonds. The SMILES string of the molecule is Cc1nc(-c2ccccc2)nc(C)c1CC[C@@H]1C[C@@H]2c3cccc4[nH]cc(c34)C[C@H]2N(C)C1. The van der Waals surface area contributed by atoms with Gasteiger partial charge in [0.2, 0.25) is 0 Å². The summed E-state index contributed by atoms with van der Waals surface area (Å²) < 4.78 is 0. The van der Waals surface area contributed by atoms with Gasteiger partial charge in [0.25, 0.3) is 0 Å². The van der Waals surface area contributed by atoms with E-state index in [4.69, 9.17) is 9.97 Å². The number of hydrogen-bond acceptors (Lipinski definition) is 3. The average Bonchev–Trinajstić information content (AvgIpc) is 3.24. The predicted molar refractivity (Wildman–Crippen MR) is 135 cm³/mol. The van der Waals surface area contributed by atoms with Crippen LogP contribution in [-0.4, -0.2) is 39.5 Å². The van der Waals surface area contributed by atoms with Gasteiger partial charge >= 0.3 is 0 Å². The molecule has 168 valence electrons. The van der Waals surface area contributed by atoms with Crippen LogP contribution in [0.25, 0.3) is 22.3 Å². The van der Waals surface area contributed by atoms with Gasteiger partial charge in [0.05, 0.1) is 0 Å². The van der Waals surface area contributed by atoms with Crippen molar-refractivity contribution in [2.75, 3.05) is 13.6 Å². The van der Waals surface area contributed by atoms with Gasteiger partial charge in [-0.15, -0.1) is 0 Å². The first kappa shape index (κ1) is 20.6. The summed E-state index contributed by atoms with van der Waals surface area (Å²) in [6.07, 6.45) is 6.92. The standard InChI is InChI=1S/C29H32N4/c1-18-23(19(2)32-29(31-18)21-8-5-4-6-9-21)13-12-20-14-25-24-10-7-11-26-28(24)22(16-30-26)15-27(25)33(3)17-20/h4-11,16,20,25,27,30H,12-15,17H2,1-3H3/t20-,25-,27-/m1/s1. The zero-order valence-corrected chi connectivity index (χ0v) is 19.8. The molecule has 2 aliphatic rings. The number of hydrogen-bond donors (Lipinski definition) is 1. The Labute approximate surface area is 196 Å². The molecule has 0 saturated carbocycles. The molecule has 1 aliphatic carbocycles. The summed E-state index contributed by atoms with van der Waals surface area (Å²) in [4.78, 5) is 15.9. The van der Waals surface area contributed by atoms with Crippen molar-refractivity contribution < 1.29 is 0 Å². The number of aromatic nitrogens is 3. The highest BCUT2D eigenvalue weighted by Crippen LogP contribution is 2.45. The van der Waals surface area contributed by atoms with Crippen molar-refractivity contribution in [2.45, 2.75) is 51.5 Å². The first-order chi connectivity index (χ1) is 16.1. The van der Waals surface area contributed by atoms with Gasteiger partial charge in [-0.25, -0.2) is 9.97 Å². The number of H-pyrrole nitrogens is 1. The zero-order valence-electron chi connectivity index (χ0n) is 19.8. The summed E-state index contributed by atoms with van der Waals surface area (Å²) in [5, 5.41) is 1.49. The van der Waals surface area contributed by atoms with Crippen molar-refractivity contribution in [3.8, 4) is 11.4 Å². The number of piperidine rings is 1. The molecule has 0 spiro atoms. The fourth-order valence-corrected chi connectivity index (χ4v) is 6.43. The maximum absolute atomic E-state index is 4.87. The summed E-state index contributed by atoms with van der Waals surface area (Å²) >= 11 is 0. The van der Waals surface area contributed by atoms with Crippen LogP contribution in [-0.2, 0) is 12.8 Å². The van der Waals surface area contributed by atoms with Crippen molar-refractivity contribution in [1.29, 1.82) is 0 Å². The number of fused-ring (bicyclic) bond motifs is 2. The van der Waals surface area contributed by atoms with Crippen molar-refractivity contribution >= 4 is 10.9 Å². The number of likely N-dealkylation sites (N-methyl/N-ethyl adjacent to an activating group) is 1. The summed E-state index contributed by atoms with van der Waals surface area (Å²) in [5.74, 6) is 2.16. The Hall–Kier alpha value is -2.98. The van der Waals surface area contributed by atoms with Crippen LogP contribution in [0.5, 0.6) is 0 Å². The molecule has 1 N–H and O–H groups in total.